The summed E-state index contributed by atoms with van der Waals surface area (Å²) in [5, 5.41) is 6.15. The average Bonchev–Trinajstić information content (AvgIpc) is 4.17. The first kappa shape index (κ1) is 48.9. The van der Waals surface area contributed by atoms with Gasteiger partial charge in [-0.05, 0) is 214 Å². The number of anilines is 5. The number of aryl methyl sites for hydroxylation is 3. The highest BCUT2D eigenvalue weighted by atomic mass is 32.1. The van der Waals surface area contributed by atoms with E-state index in [0.717, 1.165) is 79.8 Å². The minimum Gasteiger partial charge on any atom is -0.356 e. The van der Waals surface area contributed by atoms with E-state index in [2.05, 4.69) is 249 Å². The first-order valence-electron chi connectivity index (χ1n) is 26.9. The molecule has 2 heterocycles. The molecular formula is C72H62N2S2. The van der Waals surface area contributed by atoms with Crippen LogP contribution in [-0.4, -0.2) is 0 Å². The largest absolute Gasteiger partial charge is 0.356 e. The third kappa shape index (κ3) is 10.1. The van der Waals surface area contributed by atoms with Crippen molar-refractivity contribution in [3.05, 3.63) is 270 Å². The summed E-state index contributed by atoms with van der Waals surface area (Å²) >= 11 is 3.80. The van der Waals surface area contributed by atoms with Crippen molar-refractivity contribution in [1.82, 2.24) is 0 Å². The molecule has 0 aliphatic heterocycles. The van der Waals surface area contributed by atoms with Gasteiger partial charge >= 0.3 is 0 Å². The molecule has 0 radical (unpaired) electrons. The molecule has 1 N–H and O–H groups in total. The zero-order chi connectivity index (χ0) is 51.4. The summed E-state index contributed by atoms with van der Waals surface area (Å²) in [6, 6.07) is 81.3. The second-order valence-corrected chi connectivity index (χ2v) is 22.8. The molecule has 11 aromatic rings. The molecular weight excluding hydrogens is 957 g/mol. The number of unbranched alkanes of at least 4 members (excludes halogenated alkanes) is 2. The van der Waals surface area contributed by atoms with Crippen LogP contribution in [0.25, 0.3) is 64.3 Å². The maximum absolute atomic E-state index is 4.07. The van der Waals surface area contributed by atoms with Crippen molar-refractivity contribution in [1.29, 1.82) is 0 Å². The molecule has 2 nitrogen and oxygen atoms in total. The number of fused-ring (bicyclic) bond motifs is 5. The van der Waals surface area contributed by atoms with E-state index >= 15 is 0 Å². The minimum absolute atomic E-state index is 0.167. The number of thiophene rings is 2. The van der Waals surface area contributed by atoms with Crippen LogP contribution in [-0.2, 0) is 18.3 Å². The van der Waals surface area contributed by atoms with Gasteiger partial charge in [0, 0.05) is 53.0 Å². The van der Waals surface area contributed by atoms with Crippen LogP contribution in [0.2, 0.25) is 0 Å². The summed E-state index contributed by atoms with van der Waals surface area (Å²) < 4.78 is 2.59. The van der Waals surface area contributed by atoms with Gasteiger partial charge in [0.05, 0.1) is 0 Å². The van der Waals surface area contributed by atoms with Crippen molar-refractivity contribution < 1.29 is 0 Å². The van der Waals surface area contributed by atoms with E-state index in [1.165, 1.54) is 91.1 Å². The Morgan fingerprint density at radius 3 is 1.58 bits per heavy atom. The van der Waals surface area contributed by atoms with Gasteiger partial charge in [0.15, 0.2) is 0 Å². The summed E-state index contributed by atoms with van der Waals surface area (Å²) in [6.07, 6.45) is 12.7. The Balaban J connectivity index is 0.937. The third-order valence-corrected chi connectivity index (χ3v) is 17.9. The zero-order valence-electron chi connectivity index (χ0n) is 43.3. The molecule has 0 spiro atoms. The minimum atomic E-state index is -0.167. The number of hydrogen-bond acceptors (Lipinski definition) is 4. The molecule has 1 aliphatic rings. The van der Waals surface area contributed by atoms with Crippen LogP contribution in [0.3, 0.4) is 0 Å². The quantitative estimate of drug-likeness (QED) is 0.0812. The Kier molecular flexibility index (Phi) is 13.9. The van der Waals surface area contributed by atoms with Crippen LogP contribution >= 0.6 is 22.7 Å². The molecule has 2 aromatic heterocycles. The van der Waals surface area contributed by atoms with E-state index < -0.39 is 0 Å². The van der Waals surface area contributed by atoms with Crippen molar-refractivity contribution in [2.45, 2.75) is 63.7 Å². The molecule has 0 amide bonds. The second kappa shape index (κ2) is 21.7. The number of nitrogens with one attached hydrogen (secondary N) is 1. The molecule has 9 aromatic carbocycles. The van der Waals surface area contributed by atoms with Crippen molar-refractivity contribution in [3.8, 4) is 32.0 Å². The van der Waals surface area contributed by atoms with Gasteiger partial charge in [0.25, 0.3) is 0 Å². The number of para-hydroxylation sites is 2. The fraction of sp³-hybridized carbons (Fsp3) is 0.139. The topological polar surface area (TPSA) is 15.3 Å². The summed E-state index contributed by atoms with van der Waals surface area (Å²) in [5.41, 5.74) is 20.2. The third-order valence-electron chi connectivity index (χ3n) is 15.6. The van der Waals surface area contributed by atoms with Gasteiger partial charge in [-0.25, -0.2) is 0 Å². The molecule has 0 atom stereocenters. The fourth-order valence-electron chi connectivity index (χ4n) is 11.8. The smallest absolute Gasteiger partial charge is 0.0468 e. The van der Waals surface area contributed by atoms with Crippen LogP contribution in [0.15, 0.2) is 232 Å². The molecule has 372 valence electrons. The Labute approximate surface area is 457 Å². The molecule has 0 fully saturated rings. The highest BCUT2D eigenvalue weighted by Crippen LogP contribution is 2.56. The molecule has 0 bridgehead atoms. The van der Waals surface area contributed by atoms with E-state index in [4.69, 9.17) is 0 Å². The lowest BCUT2D eigenvalue weighted by Gasteiger charge is -2.33. The summed E-state index contributed by atoms with van der Waals surface area (Å²) in [7, 11) is 0. The Hall–Kier alpha value is -8.02. The van der Waals surface area contributed by atoms with Crippen molar-refractivity contribution in [2.75, 3.05) is 10.2 Å². The van der Waals surface area contributed by atoms with Crippen LogP contribution in [0.1, 0.15) is 77.5 Å². The standard InChI is InChI=1S/C72H62N2S2/c1-4-51-22-17-24-53(42-51)20-12-14-39-72(40-15-13-21-54-25-18-23-52(5-2)43-54)66-46-55(70-48-57-44-60(33-37-68(57)75-70)73-59-26-8-6-9-27-59)31-35-64(66)65-36-32-56(47-67(65)72)71-49-58-45-63(34-38-69(58)76-71)74(61-28-10-7-11-29-61)62-30-16-19-50(3)41-62/h4-11,16-19,22-38,41-49,73H,1-2,12-15,20-21,39-40H2,3H3. The highest BCUT2D eigenvalue weighted by molar-refractivity contribution is 7.22. The number of rotatable bonds is 19. The van der Waals surface area contributed by atoms with Crippen molar-refractivity contribution in [3.63, 3.8) is 0 Å². The first-order chi connectivity index (χ1) is 37.4. The summed E-state index contributed by atoms with van der Waals surface area (Å²) in [5.74, 6) is 0. The van der Waals surface area contributed by atoms with E-state index in [1.54, 1.807) is 0 Å². The molecule has 0 saturated heterocycles. The number of hydrogen-bond donors (Lipinski definition) is 1. The SMILES string of the molecule is C=Cc1cccc(CCCCC2(CCCCc3cccc(C=C)c3)c3cc(-c4cc5cc(Nc6ccccc6)ccc5s4)ccc3-c3ccc(-c4cc5cc(N(c6ccccc6)c6cccc(C)c6)ccc5s4)cc32)c1. The molecule has 4 heteroatoms. The normalized spacial score (nSPS) is 12.4. The van der Waals surface area contributed by atoms with Crippen LogP contribution < -0.4 is 10.2 Å². The monoisotopic (exact) mass is 1020 g/mol. The van der Waals surface area contributed by atoms with E-state index in [-0.39, 0.29) is 5.41 Å². The highest BCUT2D eigenvalue weighted by Gasteiger charge is 2.43. The summed E-state index contributed by atoms with van der Waals surface area (Å²) in [4.78, 5) is 4.99. The number of nitrogens with zero attached hydrogens (tertiary/aromatic N) is 1. The molecule has 1 aliphatic carbocycles. The second-order valence-electron chi connectivity index (χ2n) is 20.6. The lowest BCUT2D eigenvalue weighted by molar-refractivity contribution is 0.407. The fourth-order valence-corrected chi connectivity index (χ4v) is 13.9. The van der Waals surface area contributed by atoms with Gasteiger partial charge in [-0.2, -0.15) is 0 Å². The van der Waals surface area contributed by atoms with Crippen molar-refractivity contribution >= 4 is 83.4 Å². The van der Waals surface area contributed by atoms with Crippen molar-refractivity contribution in [2.24, 2.45) is 0 Å². The van der Waals surface area contributed by atoms with E-state index in [9.17, 15) is 0 Å². The van der Waals surface area contributed by atoms with E-state index in [1.807, 2.05) is 34.8 Å². The van der Waals surface area contributed by atoms with E-state index in [0.29, 0.717) is 0 Å². The van der Waals surface area contributed by atoms with Crippen LogP contribution in [0, 0.1) is 6.92 Å². The first-order valence-corrected chi connectivity index (χ1v) is 28.6. The predicted octanol–water partition coefficient (Wildman–Crippen LogP) is 21.4. The van der Waals surface area contributed by atoms with Gasteiger partial charge in [-0.1, -0.05) is 159 Å². The Morgan fingerprint density at radius 1 is 0.447 bits per heavy atom. The van der Waals surface area contributed by atoms with Crippen LogP contribution in [0.5, 0.6) is 0 Å². The Morgan fingerprint density at radius 2 is 0.987 bits per heavy atom. The molecule has 0 unspecified atom stereocenters. The molecule has 76 heavy (non-hydrogen) atoms. The van der Waals surface area contributed by atoms with Gasteiger partial charge in [0.2, 0.25) is 0 Å². The number of benzene rings is 9. The lowest BCUT2D eigenvalue weighted by atomic mass is 9.70. The van der Waals surface area contributed by atoms with Gasteiger partial charge in [-0.15, -0.1) is 22.7 Å². The predicted molar refractivity (Wildman–Crippen MR) is 332 cm³/mol. The van der Waals surface area contributed by atoms with Crippen LogP contribution in [0.4, 0.5) is 28.4 Å². The van der Waals surface area contributed by atoms with Gasteiger partial charge in [0.1, 0.15) is 0 Å². The van der Waals surface area contributed by atoms with Gasteiger partial charge in [-0.3, -0.25) is 0 Å². The molecule has 0 saturated carbocycles. The Bertz CT molecular complexity index is 3820. The summed E-state index contributed by atoms with van der Waals surface area (Å²) in [6.45, 7) is 10.3. The molecule has 12 rings (SSSR count). The van der Waals surface area contributed by atoms with Gasteiger partial charge < -0.3 is 10.2 Å². The maximum atomic E-state index is 4.07. The zero-order valence-corrected chi connectivity index (χ0v) is 44.9. The average molecular weight is 1020 g/mol. The lowest BCUT2D eigenvalue weighted by Crippen LogP contribution is -2.26. The maximum Gasteiger partial charge on any atom is 0.0468 e.